The minimum Gasteiger partial charge on any atom is -0.331 e. The first kappa shape index (κ1) is 15.9. The SMILES string of the molecule is CC(=O)c1ccc2c(c1)c1cc(C(C)=O)ccc1n2CC(=O)NO. The van der Waals surface area contributed by atoms with Crippen molar-refractivity contribution in [1.82, 2.24) is 10.0 Å². The number of amides is 1. The summed E-state index contributed by atoms with van der Waals surface area (Å²) >= 11 is 0. The predicted molar refractivity (Wildman–Crippen MR) is 89.4 cm³/mol. The highest BCUT2D eigenvalue weighted by molar-refractivity contribution is 6.13. The second-order valence-electron chi connectivity index (χ2n) is 5.70. The highest BCUT2D eigenvalue weighted by atomic mass is 16.5. The van der Waals surface area contributed by atoms with E-state index in [2.05, 4.69) is 0 Å². The molecule has 0 aliphatic heterocycles. The molecule has 0 aliphatic carbocycles. The summed E-state index contributed by atoms with van der Waals surface area (Å²) in [7, 11) is 0. The third-order valence-corrected chi connectivity index (χ3v) is 4.10. The number of hydrogen-bond donors (Lipinski definition) is 2. The molecule has 3 rings (SSSR count). The van der Waals surface area contributed by atoms with E-state index in [0.717, 1.165) is 21.8 Å². The molecule has 3 aromatic rings. The van der Waals surface area contributed by atoms with E-state index in [4.69, 9.17) is 5.21 Å². The van der Waals surface area contributed by atoms with Crippen LogP contribution in [0.3, 0.4) is 0 Å². The fourth-order valence-electron chi connectivity index (χ4n) is 2.89. The van der Waals surface area contributed by atoms with E-state index >= 15 is 0 Å². The average Bonchev–Trinajstić information content (AvgIpc) is 2.87. The Kier molecular flexibility index (Phi) is 3.91. The van der Waals surface area contributed by atoms with Crippen molar-refractivity contribution < 1.29 is 19.6 Å². The van der Waals surface area contributed by atoms with Crippen LogP contribution in [0.15, 0.2) is 36.4 Å². The van der Waals surface area contributed by atoms with Crippen molar-refractivity contribution in [2.24, 2.45) is 0 Å². The first-order chi connectivity index (χ1) is 11.4. The molecule has 1 heterocycles. The Morgan fingerprint density at radius 3 is 1.75 bits per heavy atom. The van der Waals surface area contributed by atoms with E-state index in [1.54, 1.807) is 46.4 Å². The Morgan fingerprint density at radius 2 is 1.38 bits per heavy atom. The Morgan fingerprint density at radius 1 is 0.917 bits per heavy atom. The Bertz CT molecular complexity index is 930. The maximum atomic E-state index is 11.7. The topological polar surface area (TPSA) is 88.4 Å². The van der Waals surface area contributed by atoms with Gasteiger partial charge in [-0.3, -0.25) is 19.6 Å². The molecular weight excluding hydrogens is 308 g/mol. The number of nitrogens with zero attached hydrogens (tertiary/aromatic N) is 1. The molecule has 0 unspecified atom stereocenters. The molecule has 0 aliphatic rings. The number of aromatic nitrogens is 1. The number of fused-ring (bicyclic) bond motifs is 3. The van der Waals surface area contributed by atoms with Gasteiger partial charge in [-0.2, -0.15) is 0 Å². The van der Waals surface area contributed by atoms with Gasteiger partial charge in [0.25, 0.3) is 5.91 Å². The third kappa shape index (κ3) is 2.57. The number of hydrogen-bond acceptors (Lipinski definition) is 4. The molecule has 1 aromatic heterocycles. The highest BCUT2D eigenvalue weighted by Gasteiger charge is 2.15. The van der Waals surface area contributed by atoms with Crippen molar-refractivity contribution in [3.8, 4) is 0 Å². The Hall–Kier alpha value is -2.99. The lowest BCUT2D eigenvalue weighted by atomic mass is 10.0. The molecule has 2 N–H and O–H groups in total. The summed E-state index contributed by atoms with van der Waals surface area (Å²) in [6.45, 7) is 2.90. The van der Waals surface area contributed by atoms with Gasteiger partial charge in [0.05, 0.1) is 0 Å². The van der Waals surface area contributed by atoms with Gasteiger partial charge < -0.3 is 4.57 Å². The number of benzene rings is 2. The number of carbonyl (C=O) groups excluding carboxylic acids is 3. The van der Waals surface area contributed by atoms with Crippen LogP contribution in [0, 0.1) is 0 Å². The van der Waals surface area contributed by atoms with Crippen LogP contribution in [-0.4, -0.2) is 27.2 Å². The van der Waals surface area contributed by atoms with Crippen molar-refractivity contribution in [3.05, 3.63) is 47.5 Å². The highest BCUT2D eigenvalue weighted by Crippen LogP contribution is 2.31. The lowest BCUT2D eigenvalue weighted by molar-refractivity contribution is -0.129. The van der Waals surface area contributed by atoms with Crippen molar-refractivity contribution in [1.29, 1.82) is 0 Å². The monoisotopic (exact) mass is 324 g/mol. The number of carbonyl (C=O) groups is 3. The fourth-order valence-corrected chi connectivity index (χ4v) is 2.89. The Labute approximate surface area is 137 Å². The molecule has 0 atom stereocenters. The van der Waals surface area contributed by atoms with Crippen LogP contribution in [0.5, 0.6) is 0 Å². The quantitative estimate of drug-likeness (QED) is 0.439. The van der Waals surface area contributed by atoms with E-state index in [9.17, 15) is 14.4 Å². The van der Waals surface area contributed by atoms with Crippen LogP contribution < -0.4 is 5.48 Å². The van der Waals surface area contributed by atoms with Crippen molar-refractivity contribution in [2.45, 2.75) is 20.4 Å². The molecule has 0 saturated carbocycles. The third-order valence-electron chi connectivity index (χ3n) is 4.10. The zero-order valence-electron chi connectivity index (χ0n) is 13.3. The molecule has 1 amide bonds. The minimum absolute atomic E-state index is 0.0615. The second-order valence-corrected chi connectivity index (χ2v) is 5.70. The molecule has 0 bridgehead atoms. The van der Waals surface area contributed by atoms with E-state index in [1.807, 2.05) is 0 Å². The predicted octanol–water partition coefficient (Wildman–Crippen LogP) is 2.71. The van der Waals surface area contributed by atoms with E-state index in [-0.39, 0.29) is 18.1 Å². The number of Topliss-reactive ketones (excluding diaryl/α,β-unsaturated/α-hetero) is 2. The van der Waals surface area contributed by atoms with Crippen LogP contribution >= 0.6 is 0 Å². The summed E-state index contributed by atoms with van der Waals surface area (Å²) in [5, 5.41) is 10.4. The molecule has 0 saturated heterocycles. The van der Waals surface area contributed by atoms with Gasteiger partial charge in [0.2, 0.25) is 0 Å². The lowest BCUT2D eigenvalue weighted by Gasteiger charge is -2.06. The van der Waals surface area contributed by atoms with Gasteiger partial charge in [0.1, 0.15) is 6.54 Å². The zero-order chi connectivity index (χ0) is 17.4. The maximum absolute atomic E-state index is 11.7. The van der Waals surface area contributed by atoms with E-state index in [0.29, 0.717) is 11.1 Å². The number of nitrogens with one attached hydrogen (secondary N) is 1. The van der Waals surface area contributed by atoms with Crippen molar-refractivity contribution in [3.63, 3.8) is 0 Å². The lowest BCUT2D eigenvalue weighted by Crippen LogP contribution is -2.23. The second kappa shape index (κ2) is 5.90. The van der Waals surface area contributed by atoms with Crippen molar-refractivity contribution in [2.75, 3.05) is 0 Å². The van der Waals surface area contributed by atoms with Crippen LogP contribution in [-0.2, 0) is 11.3 Å². The largest absolute Gasteiger partial charge is 0.331 e. The van der Waals surface area contributed by atoms with Crippen LogP contribution in [0.25, 0.3) is 21.8 Å². The molecule has 2 aromatic carbocycles. The summed E-state index contributed by atoms with van der Waals surface area (Å²) in [5.41, 5.74) is 4.24. The maximum Gasteiger partial charge on any atom is 0.263 e. The van der Waals surface area contributed by atoms with Gasteiger partial charge in [0, 0.05) is 32.9 Å². The summed E-state index contributed by atoms with van der Waals surface area (Å²) in [5.74, 6) is -0.678. The standard InChI is InChI=1S/C18H16N2O4/c1-10(21)12-3-5-16-14(7-12)15-8-13(11(2)22)4-6-17(15)20(16)9-18(23)19-24/h3-8,24H,9H2,1-2H3,(H,19,23). The van der Waals surface area contributed by atoms with E-state index < -0.39 is 5.91 Å². The van der Waals surface area contributed by atoms with Gasteiger partial charge in [-0.15, -0.1) is 0 Å². The fraction of sp³-hybridized carbons (Fsp3) is 0.167. The molecule has 0 fully saturated rings. The van der Waals surface area contributed by atoms with Gasteiger partial charge in [-0.1, -0.05) is 0 Å². The van der Waals surface area contributed by atoms with Crippen molar-refractivity contribution >= 4 is 39.3 Å². The van der Waals surface area contributed by atoms with Crippen LogP contribution in [0.2, 0.25) is 0 Å². The van der Waals surface area contributed by atoms with Gasteiger partial charge >= 0.3 is 0 Å². The molecule has 122 valence electrons. The van der Waals surface area contributed by atoms with Gasteiger partial charge in [-0.05, 0) is 50.2 Å². The smallest absolute Gasteiger partial charge is 0.263 e. The first-order valence-corrected chi connectivity index (χ1v) is 7.43. The molecule has 6 heteroatoms. The summed E-state index contributed by atoms with van der Waals surface area (Å²) in [6, 6.07) is 10.5. The summed E-state index contributed by atoms with van der Waals surface area (Å²) < 4.78 is 1.74. The summed E-state index contributed by atoms with van der Waals surface area (Å²) in [4.78, 5) is 35.0. The molecule has 6 nitrogen and oxygen atoms in total. The molecule has 0 radical (unpaired) electrons. The van der Waals surface area contributed by atoms with Crippen LogP contribution in [0.4, 0.5) is 0 Å². The minimum atomic E-state index is -0.555. The van der Waals surface area contributed by atoms with Gasteiger partial charge in [-0.25, -0.2) is 5.48 Å². The first-order valence-electron chi connectivity index (χ1n) is 7.43. The molecule has 0 spiro atoms. The van der Waals surface area contributed by atoms with E-state index in [1.165, 1.54) is 13.8 Å². The Balaban J connectivity index is 2.37. The summed E-state index contributed by atoms with van der Waals surface area (Å²) in [6.07, 6.45) is 0. The number of hydroxylamine groups is 1. The molecular formula is C18H16N2O4. The number of rotatable bonds is 4. The van der Waals surface area contributed by atoms with Gasteiger partial charge in [0.15, 0.2) is 11.6 Å². The number of ketones is 2. The normalized spacial score (nSPS) is 11.0. The van der Waals surface area contributed by atoms with Crippen LogP contribution in [0.1, 0.15) is 34.6 Å². The average molecular weight is 324 g/mol. The molecule has 24 heavy (non-hydrogen) atoms. The zero-order valence-corrected chi connectivity index (χ0v) is 13.3.